The van der Waals surface area contributed by atoms with E-state index in [4.69, 9.17) is 4.74 Å². The van der Waals surface area contributed by atoms with Crippen molar-refractivity contribution in [1.82, 2.24) is 25.1 Å². The van der Waals surface area contributed by atoms with Gasteiger partial charge in [-0.1, -0.05) is 11.8 Å². The van der Waals surface area contributed by atoms with Crippen LogP contribution in [-0.2, 0) is 17.8 Å². The maximum Gasteiger partial charge on any atom is 0.271 e. The lowest BCUT2D eigenvalue weighted by atomic mass is 10.4. The molecule has 0 saturated heterocycles. The minimum absolute atomic E-state index is 0.206. The maximum absolute atomic E-state index is 11.9. The third-order valence-corrected chi connectivity index (χ3v) is 4.39. The van der Waals surface area contributed by atoms with E-state index in [2.05, 4.69) is 20.5 Å². The predicted octanol–water partition coefficient (Wildman–Crippen LogP) is 1.03. The molecule has 1 amide bonds. The van der Waals surface area contributed by atoms with E-state index >= 15 is 0 Å². The molecule has 2 heterocycles. The summed E-state index contributed by atoms with van der Waals surface area (Å²) in [5.41, 5.74) is 0.433. The van der Waals surface area contributed by atoms with Crippen molar-refractivity contribution in [3.63, 3.8) is 0 Å². The van der Waals surface area contributed by atoms with Crippen LogP contribution in [0.3, 0.4) is 0 Å². The number of amides is 1. The quantitative estimate of drug-likeness (QED) is 0.769. The van der Waals surface area contributed by atoms with E-state index in [1.165, 1.54) is 23.1 Å². The van der Waals surface area contributed by atoms with Crippen molar-refractivity contribution in [3.8, 4) is 0 Å². The Morgan fingerprint density at radius 2 is 2.45 bits per heavy atom. The molecule has 1 N–H and O–H groups in total. The Bertz CT molecular complexity index is 569. The predicted molar refractivity (Wildman–Crippen MR) is 77.0 cm³/mol. The fourth-order valence-corrected chi connectivity index (χ4v) is 2.74. The largest absolute Gasteiger partial charge is 0.383 e. The van der Waals surface area contributed by atoms with Crippen molar-refractivity contribution in [2.45, 2.75) is 17.4 Å². The molecule has 2 aromatic heterocycles. The van der Waals surface area contributed by atoms with Crippen molar-refractivity contribution in [2.75, 3.05) is 20.0 Å². The molecule has 108 valence electrons. The van der Waals surface area contributed by atoms with Crippen LogP contribution in [0.25, 0.3) is 0 Å². The highest BCUT2D eigenvalue weighted by molar-refractivity contribution is 8.00. The first-order valence-electron chi connectivity index (χ1n) is 5.88. The Labute approximate surface area is 124 Å². The van der Waals surface area contributed by atoms with Crippen LogP contribution in [0.4, 0.5) is 0 Å². The monoisotopic (exact) mass is 313 g/mol. The van der Waals surface area contributed by atoms with Gasteiger partial charge in [0.1, 0.15) is 16.4 Å². The Morgan fingerprint density at radius 1 is 1.60 bits per heavy atom. The lowest BCUT2D eigenvalue weighted by Crippen LogP contribution is -2.25. The number of nitrogens with one attached hydrogen (secondary N) is 1. The smallest absolute Gasteiger partial charge is 0.271 e. The molecule has 0 spiro atoms. The van der Waals surface area contributed by atoms with Gasteiger partial charge >= 0.3 is 0 Å². The second kappa shape index (κ2) is 7.36. The van der Waals surface area contributed by atoms with Gasteiger partial charge in [0.05, 0.1) is 13.2 Å². The molecule has 0 aliphatic rings. The summed E-state index contributed by atoms with van der Waals surface area (Å²) in [6.45, 7) is 1.54. The Morgan fingerprint density at radius 3 is 3.15 bits per heavy atom. The first-order chi connectivity index (χ1) is 9.74. The summed E-state index contributed by atoms with van der Waals surface area (Å²) in [6, 6.07) is 0. The Balaban J connectivity index is 1.91. The van der Waals surface area contributed by atoms with Gasteiger partial charge in [-0.2, -0.15) is 0 Å². The number of thioether (sulfide) groups is 1. The summed E-state index contributed by atoms with van der Waals surface area (Å²) in [7, 11) is 1.64. The number of carbonyl (C=O) groups is 1. The third kappa shape index (κ3) is 3.78. The first kappa shape index (κ1) is 14.9. The fraction of sp³-hybridized carbons (Fsp3) is 0.455. The minimum Gasteiger partial charge on any atom is -0.383 e. The number of ether oxygens (including phenoxy) is 1. The third-order valence-electron chi connectivity index (χ3n) is 2.53. The summed E-state index contributed by atoms with van der Waals surface area (Å²) in [5.74, 6) is 0.485. The lowest BCUT2D eigenvalue weighted by Gasteiger charge is -2.06. The van der Waals surface area contributed by atoms with Gasteiger partial charge < -0.3 is 14.6 Å². The summed E-state index contributed by atoms with van der Waals surface area (Å²) >= 11 is 2.98. The summed E-state index contributed by atoms with van der Waals surface area (Å²) in [6.07, 6.45) is 3.55. The standard InChI is InChI=1S/C11H15N5O2S2/c1-18-4-3-16-7-13-15-9(16)5-12-10(17)8-6-20-11(14-8)19-2/h6-7H,3-5H2,1-2H3,(H,12,17). The lowest BCUT2D eigenvalue weighted by molar-refractivity contribution is 0.0944. The summed E-state index contributed by atoms with van der Waals surface area (Å²) in [5, 5.41) is 12.3. The zero-order valence-electron chi connectivity index (χ0n) is 11.2. The van der Waals surface area contributed by atoms with Crippen LogP contribution in [0, 0.1) is 0 Å². The molecule has 0 aromatic carbocycles. The Hall–Kier alpha value is -1.45. The van der Waals surface area contributed by atoms with E-state index in [1.807, 2.05) is 10.8 Å². The van der Waals surface area contributed by atoms with E-state index in [1.54, 1.807) is 18.8 Å². The van der Waals surface area contributed by atoms with Crippen molar-refractivity contribution < 1.29 is 9.53 Å². The maximum atomic E-state index is 11.9. The normalized spacial score (nSPS) is 10.7. The molecule has 0 saturated carbocycles. The van der Waals surface area contributed by atoms with E-state index in [9.17, 15) is 4.79 Å². The highest BCUT2D eigenvalue weighted by Gasteiger charge is 2.12. The van der Waals surface area contributed by atoms with Gasteiger partial charge in [-0.15, -0.1) is 21.5 Å². The van der Waals surface area contributed by atoms with Crippen LogP contribution in [0.15, 0.2) is 16.0 Å². The molecule has 2 aromatic rings. The van der Waals surface area contributed by atoms with Crippen LogP contribution < -0.4 is 5.32 Å². The van der Waals surface area contributed by atoms with Crippen LogP contribution in [-0.4, -0.2) is 45.6 Å². The number of methoxy groups -OCH3 is 1. The second-order valence-corrected chi connectivity index (χ2v) is 5.73. The van der Waals surface area contributed by atoms with Gasteiger partial charge in [-0.3, -0.25) is 4.79 Å². The molecule has 0 radical (unpaired) electrons. The molecule has 0 unspecified atom stereocenters. The number of carbonyl (C=O) groups excluding carboxylic acids is 1. The molecular weight excluding hydrogens is 298 g/mol. The van der Waals surface area contributed by atoms with Gasteiger partial charge in [0.15, 0.2) is 5.82 Å². The fourth-order valence-electron chi connectivity index (χ4n) is 1.50. The number of rotatable bonds is 7. The zero-order chi connectivity index (χ0) is 14.4. The van der Waals surface area contributed by atoms with Crippen molar-refractivity contribution >= 4 is 29.0 Å². The Kier molecular flexibility index (Phi) is 5.50. The molecule has 0 bridgehead atoms. The topological polar surface area (TPSA) is 81.9 Å². The second-order valence-electron chi connectivity index (χ2n) is 3.82. The molecule has 2 rings (SSSR count). The van der Waals surface area contributed by atoms with E-state index in [0.717, 1.165) is 4.34 Å². The number of thiazole rings is 1. The number of nitrogens with zero attached hydrogens (tertiary/aromatic N) is 4. The van der Waals surface area contributed by atoms with Crippen LogP contribution in [0.5, 0.6) is 0 Å². The molecule has 0 aliphatic carbocycles. The van der Waals surface area contributed by atoms with Crippen LogP contribution in [0.1, 0.15) is 16.3 Å². The van der Waals surface area contributed by atoms with Gasteiger partial charge in [0.2, 0.25) is 0 Å². The SMILES string of the molecule is COCCn1cnnc1CNC(=O)c1csc(SC)n1. The van der Waals surface area contributed by atoms with E-state index in [0.29, 0.717) is 31.2 Å². The van der Waals surface area contributed by atoms with Crippen molar-refractivity contribution in [1.29, 1.82) is 0 Å². The molecule has 7 nitrogen and oxygen atoms in total. The number of hydrogen-bond acceptors (Lipinski definition) is 7. The van der Waals surface area contributed by atoms with Gasteiger partial charge in [0.25, 0.3) is 5.91 Å². The highest BCUT2D eigenvalue weighted by Crippen LogP contribution is 2.19. The number of hydrogen-bond donors (Lipinski definition) is 1. The van der Waals surface area contributed by atoms with Crippen molar-refractivity contribution in [2.24, 2.45) is 0 Å². The summed E-state index contributed by atoms with van der Waals surface area (Å²) in [4.78, 5) is 16.1. The molecule has 0 atom stereocenters. The molecule has 0 aliphatic heterocycles. The molecule has 9 heteroatoms. The van der Waals surface area contributed by atoms with Gasteiger partial charge in [-0.25, -0.2) is 4.98 Å². The average molecular weight is 313 g/mol. The van der Waals surface area contributed by atoms with E-state index in [-0.39, 0.29) is 5.91 Å². The first-order valence-corrected chi connectivity index (χ1v) is 7.98. The van der Waals surface area contributed by atoms with Gasteiger partial charge in [-0.05, 0) is 6.26 Å². The van der Waals surface area contributed by atoms with Crippen molar-refractivity contribution in [3.05, 3.63) is 23.2 Å². The molecular formula is C11H15N5O2S2. The highest BCUT2D eigenvalue weighted by atomic mass is 32.2. The zero-order valence-corrected chi connectivity index (χ0v) is 12.8. The molecule has 20 heavy (non-hydrogen) atoms. The minimum atomic E-state index is -0.206. The van der Waals surface area contributed by atoms with Crippen LogP contribution >= 0.6 is 23.1 Å². The van der Waals surface area contributed by atoms with Gasteiger partial charge in [0, 0.05) is 19.0 Å². The summed E-state index contributed by atoms with van der Waals surface area (Å²) < 4.78 is 7.72. The van der Waals surface area contributed by atoms with E-state index < -0.39 is 0 Å². The number of aromatic nitrogens is 4. The molecule has 0 fully saturated rings. The average Bonchev–Trinajstić information content (AvgIpc) is 3.11. The van der Waals surface area contributed by atoms with Crippen LogP contribution in [0.2, 0.25) is 0 Å².